The minimum atomic E-state index is -4.55. The Bertz CT molecular complexity index is 807. The van der Waals surface area contributed by atoms with Gasteiger partial charge in [-0.1, -0.05) is 0 Å². The molecule has 9 heteroatoms. The molecule has 2 aromatic rings. The summed E-state index contributed by atoms with van der Waals surface area (Å²) in [7, 11) is 0. The Morgan fingerprint density at radius 1 is 1.25 bits per heavy atom. The number of rotatable bonds is 2. The lowest BCUT2D eigenvalue weighted by Crippen LogP contribution is -2.19. The highest BCUT2D eigenvalue weighted by Crippen LogP contribution is 2.33. The van der Waals surface area contributed by atoms with Crippen molar-refractivity contribution >= 4 is 35.0 Å². The van der Waals surface area contributed by atoms with Gasteiger partial charge in [0.05, 0.1) is 17.0 Å². The monoisotopic (exact) mass is 353 g/mol. The molecule has 0 spiro atoms. The van der Waals surface area contributed by atoms with E-state index in [0.29, 0.717) is 17.1 Å². The average Bonchev–Trinajstić information content (AvgIpc) is 2.53. The van der Waals surface area contributed by atoms with Gasteiger partial charge in [-0.15, -0.1) is 11.8 Å². The van der Waals surface area contributed by atoms with E-state index in [1.807, 2.05) is 0 Å². The van der Waals surface area contributed by atoms with E-state index in [9.17, 15) is 22.8 Å². The van der Waals surface area contributed by atoms with E-state index in [-0.39, 0.29) is 11.5 Å². The Kier molecular flexibility index (Phi) is 4.18. The summed E-state index contributed by atoms with van der Waals surface area (Å²) < 4.78 is 37.4. The van der Waals surface area contributed by atoms with Gasteiger partial charge in [0.15, 0.2) is 0 Å². The Labute approximate surface area is 138 Å². The van der Waals surface area contributed by atoms with Crippen LogP contribution >= 0.6 is 11.8 Å². The number of hydrogen-bond donors (Lipinski definition) is 2. The largest absolute Gasteiger partial charge is 0.433 e. The van der Waals surface area contributed by atoms with Gasteiger partial charge < -0.3 is 10.6 Å². The van der Waals surface area contributed by atoms with E-state index in [4.69, 9.17) is 0 Å². The van der Waals surface area contributed by atoms with Crippen molar-refractivity contribution in [3.05, 3.63) is 47.8 Å². The number of benzene rings is 1. The summed E-state index contributed by atoms with van der Waals surface area (Å²) in [5.41, 5.74) is -0.0623. The van der Waals surface area contributed by atoms with Crippen molar-refractivity contribution < 1.29 is 22.8 Å². The first-order valence-corrected chi connectivity index (χ1v) is 7.73. The third-order valence-corrected chi connectivity index (χ3v) is 4.26. The zero-order valence-corrected chi connectivity index (χ0v) is 12.8. The number of pyridine rings is 1. The van der Waals surface area contributed by atoms with Crippen molar-refractivity contribution in [2.24, 2.45) is 0 Å². The van der Waals surface area contributed by atoms with Gasteiger partial charge in [-0.2, -0.15) is 13.2 Å². The molecule has 0 saturated heterocycles. The van der Waals surface area contributed by atoms with Gasteiger partial charge in [-0.25, -0.2) is 0 Å². The van der Waals surface area contributed by atoms with Crippen LogP contribution in [0.3, 0.4) is 0 Å². The van der Waals surface area contributed by atoms with Crippen molar-refractivity contribution in [1.82, 2.24) is 4.98 Å². The highest BCUT2D eigenvalue weighted by Gasteiger charge is 2.32. The van der Waals surface area contributed by atoms with Crippen molar-refractivity contribution in [3.8, 4) is 0 Å². The maximum absolute atomic E-state index is 12.5. The zero-order chi connectivity index (χ0) is 17.3. The fraction of sp³-hybridized carbons (Fsp3) is 0.133. The molecular formula is C15H10F3N3O2S. The molecule has 0 atom stereocenters. The van der Waals surface area contributed by atoms with Crippen molar-refractivity contribution in [1.29, 1.82) is 0 Å². The van der Waals surface area contributed by atoms with E-state index in [2.05, 4.69) is 15.6 Å². The number of aromatic nitrogens is 1. The summed E-state index contributed by atoms with van der Waals surface area (Å²) in [6, 6.07) is 6.80. The number of thioether (sulfide) groups is 1. The predicted octanol–water partition coefficient (Wildman–Crippen LogP) is 3.40. The minimum Gasteiger partial charge on any atom is -0.324 e. The summed E-state index contributed by atoms with van der Waals surface area (Å²) in [4.78, 5) is 27.6. The van der Waals surface area contributed by atoms with Crippen LogP contribution in [0.4, 0.5) is 24.5 Å². The maximum Gasteiger partial charge on any atom is 0.433 e. The minimum absolute atomic E-state index is 0.000804. The lowest BCUT2D eigenvalue weighted by Gasteiger charge is -2.17. The first kappa shape index (κ1) is 16.3. The summed E-state index contributed by atoms with van der Waals surface area (Å²) >= 11 is 1.38. The Hall–Kier alpha value is -2.55. The molecule has 0 saturated carbocycles. The first-order chi connectivity index (χ1) is 11.3. The summed E-state index contributed by atoms with van der Waals surface area (Å²) in [6.07, 6.45) is -3.68. The lowest BCUT2D eigenvalue weighted by molar-refractivity contribution is -0.141. The van der Waals surface area contributed by atoms with Crippen LogP contribution in [0.2, 0.25) is 0 Å². The molecular weight excluding hydrogens is 343 g/mol. The number of carbonyl (C=O) groups excluding carboxylic acids is 2. The fourth-order valence-corrected chi connectivity index (χ4v) is 2.85. The van der Waals surface area contributed by atoms with Crippen LogP contribution in [-0.2, 0) is 11.0 Å². The van der Waals surface area contributed by atoms with Crippen molar-refractivity contribution in [3.63, 3.8) is 0 Å². The second-order valence-corrected chi connectivity index (χ2v) is 5.95. The van der Waals surface area contributed by atoms with Crippen molar-refractivity contribution in [2.45, 2.75) is 11.1 Å². The zero-order valence-electron chi connectivity index (χ0n) is 12.0. The molecule has 2 amide bonds. The molecule has 2 heterocycles. The van der Waals surface area contributed by atoms with Crippen LogP contribution in [0, 0.1) is 0 Å². The fourth-order valence-electron chi connectivity index (χ4n) is 2.06. The maximum atomic E-state index is 12.5. The summed E-state index contributed by atoms with van der Waals surface area (Å²) in [5, 5.41) is 5.25. The van der Waals surface area contributed by atoms with Gasteiger partial charge in [0.25, 0.3) is 5.91 Å². The molecule has 1 aromatic heterocycles. The van der Waals surface area contributed by atoms with Gasteiger partial charge in [0.2, 0.25) is 5.91 Å². The van der Waals surface area contributed by atoms with Crippen molar-refractivity contribution in [2.75, 3.05) is 16.4 Å². The molecule has 0 bridgehead atoms. The van der Waals surface area contributed by atoms with Gasteiger partial charge >= 0.3 is 6.18 Å². The van der Waals surface area contributed by atoms with E-state index in [1.165, 1.54) is 11.8 Å². The van der Waals surface area contributed by atoms with Crippen LogP contribution < -0.4 is 10.6 Å². The average molecular weight is 353 g/mol. The van der Waals surface area contributed by atoms with E-state index >= 15 is 0 Å². The molecule has 124 valence electrons. The van der Waals surface area contributed by atoms with Crippen LogP contribution in [0.15, 0.2) is 41.4 Å². The number of alkyl halides is 3. The van der Waals surface area contributed by atoms with E-state index in [1.54, 1.807) is 18.2 Å². The quantitative estimate of drug-likeness (QED) is 0.868. The number of fused-ring (bicyclic) bond motifs is 1. The second-order valence-electron chi connectivity index (χ2n) is 4.93. The molecule has 24 heavy (non-hydrogen) atoms. The normalized spacial score (nSPS) is 13.9. The smallest absolute Gasteiger partial charge is 0.324 e. The number of hydrogen-bond acceptors (Lipinski definition) is 4. The number of carbonyl (C=O) groups is 2. The van der Waals surface area contributed by atoms with E-state index in [0.717, 1.165) is 23.2 Å². The van der Waals surface area contributed by atoms with Crippen LogP contribution in [0.25, 0.3) is 0 Å². The van der Waals surface area contributed by atoms with Crippen LogP contribution in [0.1, 0.15) is 16.1 Å². The number of anilines is 2. The van der Waals surface area contributed by atoms with Gasteiger partial charge in [-0.05, 0) is 30.3 Å². The topological polar surface area (TPSA) is 71.1 Å². The number of nitrogens with one attached hydrogen (secondary N) is 2. The molecule has 0 aliphatic carbocycles. The highest BCUT2D eigenvalue weighted by molar-refractivity contribution is 8.00. The number of halogens is 3. The highest BCUT2D eigenvalue weighted by atomic mass is 32.2. The molecule has 1 aliphatic rings. The third kappa shape index (κ3) is 3.51. The second kappa shape index (κ2) is 6.16. The van der Waals surface area contributed by atoms with Gasteiger partial charge in [-0.3, -0.25) is 14.6 Å². The van der Waals surface area contributed by atoms with Crippen LogP contribution in [0.5, 0.6) is 0 Å². The molecule has 0 radical (unpaired) electrons. The Morgan fingerprint density at radius 3 is 2.71 bits per heavy atom. The van der Waals surface area contributed by atoms with Crippen LogP contribution in [-0.4, -0.2) is 22.6 Å². The molecule has 3 rings (SSSR count). The lowest BCUT2D eigenvalue weighted by atomic mass is 10.2. The first-order valence-electron chi connectivity index (χ1n) is 6.74. The third-order valence-electron chi connectivity index (χ3n) is 3.19. The van der Waals surface area contributed by atoms with Gasteiger partial charge in [0.1, 0.15) is 5.69 Å². The molecule has 1 aliphatic heterocycles. The standard InChI is InChI=1S/C15H10F3N3O2S/c16-15(17,18)12-4-1-8(6-19-12)14(23)20-9-2-3-11-10(5-9)21-13(22)7-24-11/h1-6H,7H2,(H,20,23)(H,21,22). The molecule has 0 fully saturated rings. The molecule has 1 aromatic carbocycles. The number of amides is 2. The Morgan fingerprint density at radius 2 is 2.04 bits per heavy atom. The number of nitrogens with zero attached hydrogens (tertiary/aromatic N) is 1. The molecule has 2 N–H and O–H groups in total. The van der Waals surface area contributed by atoms with E-state index < -0.39 is 17.8 Å². The summed E-state index contributed by atoms with van der Waals surface area (Å²) in [6.45, 7) is 0. The predicted molar refractivity (Wildman–Crippen MR) is 83.0 cm³/mol. The SMILES string of the molecule is O=C1CSc2ccc(NC(=O)c3ccc(C(F)(F)F)nc3)cc2N1. The Balaban J connectivity index is 1.75. The molecule has 5 nitrogen and oxygen atoms in total. The molecule has 0 unspecified atom stereocenters. The summed E-state index contributed by atoms with van der Waals surface area (Å²) in [5.74, 6) is -0.399. The van der Waals surface area contributed by atoms with Gasteiger partial charge in [0, 0.05) is 16.8 Å².